The third kappa shape index (κ3) is 4.82. The predicted molar refractivity (Wildman–Crippen MR) is 87.3 cm³/mol. The average molecular weight is 335 g/mol. The minimum Gasteiger partial charge on any atom is -0.338 e. The molecule has 0 saturated heterocycles. The Balaban J connectivity index is 1.40. The maximum absolute atomic E-state index is 11.8. The second-order valence-electron chi connectivity index (χ2n) is 5.92. The topological polar surface area (TPSA) is 96.7 Å². The molecule has 0 aliphatic heterocycles. The molecule has 2 aromatic rings. The van der Waals surface area contributed by atoms with Gasteiger partial charge in [0.15, 0.2) is 0 Å². The molecule has 1 amide bonds. The van der Waals surface area contributed by atoms with Gasteiger partial charge in [-0.05, 0) is 19.3 Å². The Kier molecular flexibility index (Phi) is 5.32. The second kappa shape index (κ2) is 7.63. The normalized spacial score (nSPS) is 15.2. The number of thioether (sulfide) groups is 1. The van der Waals surface area contributed by atoms with Crippen molar-refractivity contribution in [2.45, 2.75) is 50.6 Å². The first kappa shape index (κ1) is 16.0. The van der Waals surface area contributed by atoms with Crippen LogP contribution in [0.4, 0.5) is 5.88 Å². The summed E-state index contributed by atoms with van der Waals surface area (Å²) in [6.45, 7) is 1.80. The number of aromatic amines is 1. The van der Waals surface area contributed by atoms with Gasteiger partial charge in [0, 0.05) is 12.5 Å². The lowest BCUT2D eigenvalue weighted by molar-refractivity contribution is -0.113. The fourth-order valence-electron chi connectivity index (χ4n) is 2.82. The maximum Gasteiger partial charge on any atom is 0.237 e. The number of carbonyl (C=O) groups excluding carboxylic acids is 1. The van der Waals surface area contributed by atoms with Crippen LogP contribution in [-0.4, -0.2) is 32.0 Å². The summed E-state index contributed by atoms with van der Waals surface area (Å²) in [7, 11) is 0. The molecule has 7 nitrogen and oxygen atoms in total. The monoisotopic (exact) mass is 335 g/mol. The van der Waals surface area contributed by atoms with E-state index in [4.69, 9.17) is 4.52 Å². The third-order valence-corrected chi connectivity index (χ3v) is 4.85. The van der Waals surface area contributed by atoms with E-state index < -0.39 is 0 Å². The summed E-state index contributed by atoms with van der Waals surface area (Å²) in [6.07, 6.45) is 7.52. The van der Waals surface area contributed by atoms with Gasteiger partial charge in [0.1, 0.15) is 5.82 Å². The number of aromatic nitrogens is 4. The Bertz CT molecular complexity index is 648. The number of rotatable bonds is 7. The summed E-state index contributed by atoms with van der Waals surface area (Å²) < 4.78 is 4.94. The van der Waals surface area contributed by atoms with E-state index in [1.165, 1.54) is 43.9 Å². The van der Waals surface area contributed by atoms with E-state index in [1.807, 2.05) is 0 Å². The molecule has 1 saturated carbocycles. The molecule has 124 valence electrons. The number of nitrogens with one attached hydrogen (secondary N) is 2. The standard InChI is InChI=1S/C15H21N5O2S/c1-10-8-14(22-20-10)17-13(21)9-23-15-16-12(18-19-15)7-6-11-4-2-3-5-11/h8,11H,2-7,9H2,1H3,(H,17,21)(H,16,18,19). The number of anilines is 1. The molecule has 0 bridgehead atoms. The zero-order chi connectivity index (χ0) is 16.1. The Hall–Kier alpha value is -1.83. The summed E-state index contributed by atoms with van der Waals surface area (Å²) in [5, 5.41) is 14.1. The van der Waals surface area contributed by atoms with Crippen molar-refractivity contribution in [3.8, 4) is 0 Å². The van der Waals surface area contributed by atoms with Gasteiger partial charge in [-0.25, -0.2) is 4.98 Å². The molecular weight excluding hydrogens is 314 g/mol. The summed E-state index contributed by atoms with van der Waals surface area (Å²) in [5.74, 6) is 2.18. The molecule has 0 aromatic carbocycles. The van der Waals surface area contributed by atoms with Crippen molar-refractivity contribution in [1.29, 1.82) is 0 Å². The average Bonchev–Trinajstić information content (AvgIpc) is 3.25. The van der Waals surface area contributed by atoms with Gasteiger partial charge in [0.05, 0.1) is 11.4 Å². The molecule has 0 unspecified atom stereocenters. The fourth-order valence-corrected chi connectivity index (χ4v) is 3.44. The van der Waals surface area contributed by atoms with Crippen LogP contribution < -0.4 is 5.32 Å². The first-order chi connectivity index (χ1) is 11.2. The van der Waals surface area contributed by atoms with Crippen LogP contribution in [-0.2, 0) is 11.2 Å². The van der Waals surface area contributed by atoms with Crippen LogP contribution in [0.1, 0.15) is 43.6 Å². The van der Waals surface area contributed by atoms with Crippen molar-refractivity contribution >= 4 is 23.6 Å². The molecular formula is C15H21N5O2S. The smallest absolute Gasteiger partial charge is 0.237 e. The molecule has 2 heterocycles. The fraction of sp³-hybridized carbons (Fsp3) is 0.600. The van der Waals surface area contributed by atoms with Crippen LogP contribution in [0.25, 0.3) is 0 Å². The van der Waals surface area contributed by atoms with E-state index in [2.05, 4.69) is 25.7 Å². The Morgan fingerprint density at radius 2 is 2.30 bits per heavy atom. The van der Waals surface area contributed by atoms with Crippen molar-refractivity contribution in [3.63, 3.8) is 0 Å². The first-order valence-corrected chi connectivity index (χ1v) is 8.95. The Morgan fingerprint density at radius 3 is 3.04 bits per heavy atom. The van der Waals surface area contributed by atoms with Gasteiger partial charge >= 0.3 is 0 Å². The van der Waals surface area contributed by atoms with Crippen LogP contribution in [0.2, 0.25) is 0 Å². The highest BCUT2D eigenvalue weighted by Crippen LogP contribution is 2.28. The summed E-state index contributed by atoms with van der Waals surface area (Å²) >= 11 is 1.31. The van der Waals surface area contributed by atoms with Crippen molar-refractivity contribution in [3.05, 3.63) is 17.6 Å². The van der Waals surface area contributed by atoms with E-state index in [9.17, 15) is 4.79 Å². The quantitative estimate of drug-likeness (QED) is 0.755. The number of carbonyl (C=O) groups is 1. The van der Waals surface area contributed by atoms with Gasteiger partial charge in [-0.3, -0.25) is 15.2 Å². The van der Waals surface area contributed by atoms with Gasteiger partial charge in [-0.15, -0.1) is 5.10 Å². The van der Waals surface area contributed by atoms with Crippen molar-refractivity contribution in [1.82, 2.24) is 20.3 Å². The molecule has 2 aromatic heterocycles. The van der Waals surface area contributed by atoms with Crippen molar-refractivity contribution < 1.29 is 9.32 Å². The van der Waals surface area contributed by atoms with E-state index in [-0.39, 0.29) is 11.7 Å². The summed E-state index contributed by atoms with van der Waals surface area (Å²) in [5.41, 5.74) is 0.730. The molecule has 8 heteroatoms. The Morgan fingerprint density at radius 1 is 1.48 bits per heavy atom. The Labute approximate surface area is 139 Å². The van der Waals surface area contributed by atoms with E-state index in [0.717, 1.165) is 23.9 Å². The summed E-state index contributed by atoms with van der Waals surface area (Å²) in [6, 6.07) is 1.68. The zero-order valence-electron chi connectivity index (χ0n) is 13.2. The first-order valence-electron chi connectivity index (χ1n) is 7.96. The van der Waals surface area contributed by atoms with E-state index in [1.54, 1.807) is 13.0 Å². The molecule has 0 radical (unpaired) electrons. The molecule has 1 fully saturated rings. The van der Waals surface area contributed by atoms with Gasteiger partial charge in [0.2, 0.25) is 16.9 Å². The highest BCUT2D eigenvalue weighted by atomic mass is 32.2. The number of amides is 1. The van der Waals surface area contributed by atoms with Gasteiger partial charge in [-0.1, -0.05) is 42.6 Å². The number of H-pyrrole nitrogens is 1. The highest BCUT2D eigenvalue weighted by Gasteiger charge is 2.16. The SMILES string of the molecule is Cc1cc(NC(=O)CSc2n[nH]c(CCC3CCCC3)n2)on1. The van der Waals surface area contributed by atoms with E-state index in [0.29, 0.717) is 11.0 Å². The largest absolute Gasteiger partial charge is 0.338 e. The van der Waals surface area contributed by atoms with Crippen LogP contribution >= 0.6 is 11.8 Å². The predicted octanol–water partition coefficient (Wildman–Crippen LogP) is 2.95. The van der Waals surface area contributed by atoms with Crippen LogP contribution in [0.3, 0.4) is 0 Å². The van der Waals surface area contributed by atoms with E-state index >= 15 is 0 Å². The molecule has 0 atom stereocenters. The minimum absolute atomic E-state index is 0.163. The van der Waals surface area contributed by atoms with Gasteiger partial charge < -0.3 is 4.52 Å². The lowest BCUT2D eigenvalue weighted by Gasteiger charge is -2.05. The minimum atomic E-state index is -0.163. The third-order valence-electron chi connectivity index (χ3n) is 4.00. The highest BCUT2D eigenvalue weighted by molar-refractivity contribution is 7.99. The lowest BCUT2D eigenvalue weighted by Crippen LogP contribution is -2.13. The number of hydrogen-bond donors (Lipinski definition) is 2. The van der Waals surface area contributed by atoms with Crippen LogP contribution in [0.5, 0.6) is 0 Å². The molecule has 1 aliphatic carbocycles. The van der Waals surface area contributed by atoms with Gasteiger partial charge in [-0.2, -0.15) is 0 Å². The number of aryl methyl sites for hydroxylation is 2. The van der Waals surface area contributed by atoms with Crippen LogP contribution in [0.15, 0.2) is 15.7 Å². The molecule has 1 aliphatic rings. The second-order valence-corrected chi connectivity index (χ2v) is 6.87. The van der Waals surface area contributed by atoms with Crippen molar-refractivity contribution in [2.24, 2.45) is 5.92 Å². The molecule has 3 rings (SSSR count). The number of hydrogen-bond acceptors (Lipinski definition) is 6. The van der Waals surface area contributed by atoms with Crippen molar-refractivity contribution in [2.75, 3.05) is 11.1 Å². The van der Waals surface area contributed by atoms with Gasteiger partial charge in [0.25, 0.3) is 0 Å². The van der Waals surface area contributed by atoms with Crippen LogP contribution in [0, 0.1) is 12.8 Å². The molecule has 0 spiro atoms. The molecule has 23 heavy (non-hydrogen) atoms. The maximum atomic E-state index is 11.8. The molecule has 2 N–H and O–H groups in total. The zero-order valence-corrected chi connectivity index (χ0v) is 14.0. The summed E-state index contributed by atoms with van der Waals surface area (Å²) in [4.78, 5) is 16.3. The lowest BCUT2D eigenvalue weighted by atomic mass is 10.0. The number of nitrogens with zero attached hydrogens (tertiary/aromatic N) is 3.